The Morgan fingerprint density at radius 2 is 1.80 bits per heavy atom. The van der Waals surface area contributed by atoms with Crippen LogP contribution in [0, 0.1) is 0 Å². The highest BCUT2D eigenvalue weighted by Crippen LogP contribution is 2.31. The van der Waals surface area contributed by atoms with E-state index in [1.54, 1.807) is 6.07 Å². The number of nitrogens with two attached hydrogens (primary N) is 1. The van der Waals surface area contributed by atoms with Gasteiger partial charge < -0.3 is 23.8 Å². The van der Waals surface area contributed by atoms with E-state index >= 15 is 0 Å². The van der Waals surface area contributed by atoms with E-state index in [-0.39, 0.29) is 17.6 Å². The average molecular weight is 371 g/mol. The van der Waals surface area contributed by atoms with Gasteiger partial charge in [0.15, 0.2) is 11.5 Å². The fourth-order valence-corrected chi connectivity index (χ4v) is 2.58. The van der Waals surface area contributed by atoms with Gasteiger partial charge >= 0.3 is 21.7 Å². The molecule has 0 aliphatic carbocycles. The second-order valence-corrected chi connectivity index (χ2v) is 6.80. The zero-order chi connectivity index (χ0) is 18.8. The molecule has 2 aromatic rings. The number of methoxy groups -OCH3 is 2. The van der Waals surface area contributed by atoms with Crippen LogP contribution >= 0.6 is 0 Å². The number of carbonyl (C=O) groups is 1. The molecule has 1 aromatic heterocycles. The maximum Gasteiger partial charge on any atom is 0.339 e. The lowest BCUT2D eigenvalue weighted by Crippen LogP contribution is -2.36. The molecule has 136 valence electrons. The standard InChI is InChI=1S/C15H17NO8S/c1-21-12-6-8-4-9(5-10(16)15(18)24-25(3,19)20)14(17)23-11(8)7-13(12)22-2/h4,6-7,10H,5,16H2,1-3H3/t10-/m0/s1. The average Bonchev–Trinajstić information content (AvgIpc) is 2.52. The summed E-state index contributed by atoms with van der Waals surface area (Å²) in [7, 11) is -1.08. The van der Waals surface area contributed by atoms with Gasteiger partial charge in [-0.05, 0) is 12.1 Å². The minimum absolute atomic E-state index is 0.0951. The molecule has 0 radical (unpaired) electrons. The lowest BCUT2D eigenvalue weighted by molar-refractivity contribution is -0.135. The molecule has 0 unspecified atom stereocenters. The molecule has 2 rings (SSSR count). The van der Waals surface area contributed by atoms with Gasteiger partial charge in [0.25, 0.3) is 0 Å². The van der Waals surface area contributed by atoms with Crippen LogP contribution in [-0.4, -0.2) is 40.9 Å². The van der Waals surface area contributed by atoms with E-state index in [0.29, 0.717) is 16.9 Å². The SMILES string of the molecule is COc1cc2cc(C[C@H](N)C(=O)OS(C)(=O)=O)c(=O)oc2cc1OC. The van der Waals surface area contributed by atoms with Crippen molar-refractivity contribution < 1.29 is 31.3 Å². The molecule has 10 heteroatoms. The monoisotopic (exact) mass is 371 g/mol. The van der Waals surface area contributed by atoms with Gasteiger partial charge in [0.2, 0.25) is 0 Å². The number of fused-ring (bicyclic) bond motifs is 1. The summed E-state index contributed by atoms with van der Waals surface area (Å²) < 4.78 is 41.6. The van der Waals surface area contributed by atoms with Crippen molar-refractivity contribution in [2.75, 3.05) is 20.5 Å². The van der Waals surface area contributed by atoms with Crippen LogP contribution in [0.15, 0.2) is 27.4 Å². The Morgan fingerprint density at radius 3 is 2.36 bits per heavy atom. The second-order valence-electron chi connectivity index (χ2n) is 5.22. The van der Waals surface area contributed by atoms with E-state index in [2.05, 4.69) is 4.18 Å². The molecule has 0 saturated heterocycles. The van der Waals surface area contributed by atoms with Crippen LogP contribution < -0.4 is 20.8 Å². The van der Waals surface area contributed by atoms with Crippen molar-refractivity contribution in [3.05, 3.63) is 34.2 Å². The number of carbonyl (C=O) groups excluding carboxylic acids is 1. The van der Waals surface area contributed by atoms with E-state index in [1.807, 2.05) is 0 Å². The minimum Gasteiger partial charge on any atom is -0.493 e. The Morgan fingerprint density at radius 1 is 1.20 bits per heavy atom. The highest BCUT2D eigenvalue weighted by atomic mass is 32.2. The molecule has 1 aromatic carbocycles. The quantitative estimate of drug-likeness (QED) is 0.557. The normalized spacial score (nSPS) is 12.6. The van der Waals surface area contributed by atoms with Crippen LogP contribution in [0.25, 0.3) is 11.0 Å². The summed E-state index contributed by atoms with van der Waals surface area (Å²) in [6.07, 6.45) is 0.475. The third-order valence-electron chi connectivity index (χ3n) is 3.29. The smallest absolute Gasteiger partial charge is 0.339 e. The van der Waals surface area contributed by atoms with Gasteiger partial charge in [-0.1, -0.05) is 0 Å². The molecule has 9 nitrogen and oxygen atoms in total. The van der Waals surface area contributed by atoms with Crippen molar-refractivity contribution in [2.45, 2.75) is 12.5 Å². The summed E-state index contributed by atoms with van der Waals surface area (Å²) in [5.74, 6) is -0.343. The Hall–Kier alpha value is -2.59. The molecular weight excluding hydrogens is 354 g/mol. The van der Waals surface area contributed by atoms with Crippen LogP contribution in [0.1, 0.15) is 5.56 Å². The highest BCUT2D eigenvalue weighted by Gasteiger charge is 2.22. The molecule has 1 atom stereocenters. The van der Waals surface area contributed by atoms with Crippen molar-refractivity contribution in [3.8, 4) is 11.5 Å². The van der Waals surface area contributed by atoms with Gasteiger partial charge in [-0.15, -0.1) is 0 Å². The summed E-state index contributed by atoms with van der Waals surface area (Å²) in [6.45, 7) is 0. The first-order valence-electron chi connectivity index (χ1n) is 7.02. The van der Waals surface area contributed by atoms with Crippen LogP contribution in [-0.2, 0) is 25.5 Å². The first-order valence-corrected chi connectivity index (χ1v) is 8.84. The zero-order valence-corrected chi connectivity index (χ0v) is 14.6. The Bertz CT molecular complexity index is 963. The Labute approximate surface area is 143 Å². The van der Waals surface area contributed by atoms with Crippen LogP contribution in [0.2, 0.25) is 0 Å². The fraction of sp³-hybridized carbons (Fsp3) is 0.333. The number of ether oxygens (including phenoxy) is 2. The topological polar surface area (TPSA) is 135 Å². The predicted molar refractivity (Wildman–Crippen MR) is 88.2 cm³/mol. The van der Waals surface area contributed by atoms with Gasteiger partial charge in [-0.2, -0.15) is 8.42 Å². The molecule has 0 spiro atoms. The van der Waals surface area contributed by atoms with Gasteiger partial charge in [0.1, 0.15) is 11.6 Å². The van der Waals surface area contributed by atoms with E-state index in [4.69, 9.17) is 19.6 Å². The second kappa shape index (κ2) is 7.11. The van der Waals surface area contributed by atoms with Crippen molar-refractivity contribution >= 4 is 27.1 Å². The first kappa shape index (κ1) is 18.7. The van der Waals surface area contributed by atoms with Crippen molar-refractivity contribution in [1.29, 1.82) is 0 Å². The van der Waals surface area contributed by atoms with Gasteiger partial charge in [-0.25, -0.2) is 9.59 Å². The summed E-state index contributed by atoms with van der Waals surface area (Å²) in [5, 5.41) is 0.524. The molecular formula is C15H17NO8S. The Kier molecular flexibility index (Phi) is 5.33. The number of hydrogen-bond acceptors (Lipinski definition) is 9. The molecule has 0 fully saturated rings. The summed E-state index contributed by atoms with van der Waals surface area (Å²) in [5.41, 5.74) is 5.26. The molecule has 0 amide bonds. The van der Waals surface area contributed by atoms with Crippen molar-refractivity contribution in [3.63, 3.8) is 0 Å². The third kappa shape index (κ3) is 4.48. The highest BCUT2D eigenvalue weighted by molar-refractivity contribution is 7.86. The number of hydrogen-bond donors (Lipinski definition) is 1. The van der Waals surface area contributed by atoms with E-state index in [9.17, 15) is 18.0 Å². The van der Waals surface area contributed by atoms with Crippen molar-refractivity contribution in [2.24, 2.45) is 5.73 Å². The molecule has 0 saturated carbocycles. The van der Waals surface area contributed by atoms with Crippen molar-refractivity contribution in [1.82, 2.24) is 0 Å². The number of benzene rings is 1. The van der Waals surface area contributed by atoms with Gasteiger partial charge in [0, 0.05) is 23.4 Å². The van der Waals surface area contributed by atoms with Crippen LogP contribution in [0.4, 0.5) is 0 Å². The molecule has 1 heterocycles. The molecule has 25 heavy (non-hydrogen) atoms. The molecule has 0 aliphatic rings. The Balaban J connectivity index is 2.37. The number of rotatable bonds is 6. The molecule has 0 aliphatic heterocycles. The maximum atomic E-state index is 12.1. The predicted octanol–water partition coefficient (Wildman–Crippen LogP) is 0.183. The lowest BCUT2D eigenvalue weighted by atomic mass is 10.1. The molecule has 2 N–H and O–H groups in total. The van der Waals surface area contributed by atoms with Gasteiger partial charge in [-0.3, -0.25) is 0 Å². The minimum atomic E-state index is -3.98. The lowest BCUT2D eigenvalue weighted by Gasteiger charge is -2.11. The van der Waals surface area contributed by atoms with E-state index < -0.39 is 27.8 Å². The third-order valence-corrected chi connectivity index (χ3v) is 3.75. The van der Waals surface area contributed by atoms with Crippen LogP contribution in [0.3, 0.4) is 0 Å². The summed E-state index contributed by atoms with van der Waals surface area (Å²) in [4.78, 5) is 23.7. The van der Waals surface area contributed by atoms with E-state index in [1.165, 1.54) is 26.4 Å². The van der Waals surface area contributed by atoms with Gasteiger partial charge in [0.05, 0.1) is 20.5 Å². The zero-order valence-electron chi connectivity index (χ0n) is 13.8. The molecule has 0 bridgehead atoms. The first-order chi connectivity index (χ1) is 11.6. The largest absolute Gasteiger partial charge is 0.493 e. The summed E-state index contributed by atoms with van der Waals surface area (Å²) in [6, 6.07) is 3.24. The van der Waals surface area contributed by atoms with Crippen LogP contribution in [0.5, 0.6) is 11.5 Å². The van der Waals surface area contributed by atoms with E-state index in [0.717, 1.165) is 6.26 Å². The fourth-order valence-electron chi connectivity index (χ4n) is 2.16. The maximum absolute atomic E-state index is 12.1. The summed E-state index contributed by atoms with van der Waals surface area (Å²) >= 11 is 0.